The van der Waals surface area contributed by atoms with Crippen LogP contribution in [0.2, 0.25) is 5.15 Å². The third kappa shape index (κ3) is 2.64. The number of nitrogens with zero attached hydrogens (tertiary/aromatic N) is 2. The van der Waals surface area contributed by atoms with Crippen molar-refractivity contribution in [2.45, 2.75) is 45.6 Å². The Morgan fingerprint density at radius 3 is 2.88 bits per heavy atom. The molecule has 0 amide bonds. The highest BCUT2D eigenvalue weighted by Gasteiger charge is 2.32. The van der Waals surface area contributed by atoms with Gasteiger partial charge in [-0.05, 0) is 18.3 Å². The number of hydrogen-bond donors (Lipinski definition) is 1. The second-order valence-corrected chi connectivity index (χ2v) is 5.54. The van der Waals surface area contributed by atoms with Gasteiger partial charge in [-0.2, -0.15) is 0 Å². The Bertz CT molecular complexity index is 365. The predicted molar refractivity (Wildman–Crippen MR) is 66.7 cm³/mol. The van der Waals surface area contributed by atoms with E-state index in [1.54, 1.807) is 6.07 Å². The van der Waals surface area contributed by atoms with Crippen LogP contribution in [-0.2, 0) is 0 Å². The Kier molecular flexibility index (Phi) is 3.33. The molecule has 4 heteroatoms. The average molecular weight is 240 g/mol. The van der Waals surface area contributed by atoms with E-state index in [-0.39, 0.29) is 0 Å². The van der Waals surface area contributed by atoms with E-state index in [2.05, 4.69) is 29.1 Å². The summed E-state index contributed by atoms with van der Waals surface area (Å²) in [5.74, 6) is 0.833. The first-order valence-corrected chi connectivity index (χ1v) is 6.20. The summed E-state index contributed by atoms with van der Waals surface area (Å²) in [7, 11) is 0. The van der Waals surface area contributed by atoms with Crippen molar-refractivity contribution in [3.05, 3.63) is 17.5 Å². The molecule has 0 radical (unpaired) electrons. The molecule has 1 heterocycles. The standard InChI is InChI=1S/C12H18ClN3/c1-12(2)6-4-3-5-9(12)16-11-7-10(13)14-8-15-11/h7-9H,3-6H2,1-2H3,(H,14,15,16). The van der Waals surface area contributed by atoms with Crippen molar-refractivity contribution in [1.82, 2.24) is 9.97 Å². The molecule has 1 aliphatic rings. The highest BCUT2D eigenvalue weighted by atomic mass is 35.5. The Balaban J connectivity index is 2.08. The normalized spacial score (nSPS) is 24.1. The molecule has 1 unspecified atom stereocenters. The van der Waals surface area contributed by atoms with Gasteiger partial charge in [-0.1, -0.05) is 38.3 Å². The van der Waals surface area contributed by atoms with Crippen LogP contribution in [-0.4, -0.2) is 16.0 Å². The van der Waals surface area contributed by atoms with Gasteiger partial charge in [0.2, 0.25) is 0 Å². The van der Waals surface area contributed by atoms with Crippen LogP contribution < -0.4 is 5.32 Å². The van der Waals surface area contributed by atoms with E-state index in [1.807, 2.05) is 0 Å². The molecule has 88 valence electrons. The number of nitrogens with one attached hydrogen (secondary N) is 1. The van der Waals surface area contributed by atoms with Crippen molar-refractivity contribution >= 4 is 17.4 Å². The maximum absolute atomic E-state index is 5.84. The lowest BCUT2D eigenvalue weighted by Crippen LogP contribution is -2.39. The molecule has 1 aromatic heterocycles. The van der Waals surface area contributed by atoms with Gasteiger partial charge in [0, 0.05) is 12.1 Å². The molecule has 1 fully saturated rings. The summed E-state index contributed by atoms with van der Waals surface area (Å²) in [6, 6.07) is 2.26. The van der Waals surface area contributed by atoms with Gasteiger partial charge in [-0.15, -0.1) is 0 Å². The zero-order chi connectivity index (χ0) is 11.6. The van der Waals surface area contributed by atoms with E-state index in [0.29, 0.717) is 16.6 Å². The highest BCUT2D eigenvalue weighted by Crippen LogP contribution is 2.37. The summed E-state index contributed by atoms with van der Waals surface area (Å²) in [5.41, 5.74) is 0.329. The molecule has 1 N–H and O–H groups in total. The van der Waals surface area contributed by atoms with E-state index in [0.717, 1.165) is 5.82 Å². The second-order valence-electron chi connectivity index (χ2n) is 5.16. The summed E-state index contributed by atoms with van der Waals surface area (Å²) in [5, 5.41) is 3.97. The maximum Gasteiger partial charge on any atom is 0.134 e. The lowest BCUT2D eigenvalue weighted by atomic mass is 9.73. The van der Waals surface area contributed by atoms with Gasteiger partial charge in [0.05, 0.1) is 0 Å². The topological polar surface area (TPSA) is 37.8 Å². The van der Waals surface area contributed by atoms with Crippen molar-refractivity contribution in [2.75, 3.05) is 5.32 Å². The predicted octanol–water partition coefficient (Wildman–Crippen LogP) is 3.51. The quantitative estimate of drug-likeness (QED) is 0.803. The summed E-state index contributed by atoms with van der Waals surface area (Å²) >= 11 is 5.84. The van der Waals surface area contributed by atoms with Crippen LogP contribution in [0.5, 0.6) is 0 Å². The fraction of sp³-hybridized carbons (Fsp3) is 0.667. The third-order valence-corrected chi connectivity index (χ3v) is 3.67. The molecule has 2 rings (SSSR count). The molecule has 0 aromatic carbocycles. The number of anilines is 1. The van der Waals surface area contributed by atoms with Gasteiger partial charge < -0.3 is 5.32 Å². The molecule has 1 aromatic rings. The zero-order valence-electron chi connectivity index (χ0n) is 9.83. The first kappa shape index (κ1) is 11.6. The van der Waals surface area contributed by atoms with Crippen LogP contribution >= 0.6 is 11.6 Å². The fourth-order valence-electron chi connectivity index (χ4n) is 2.35. The highest BCUT2D eigenvalue weighted by molar-refractivity contribution is 6.29. The van der Waals surface area contributed by atoms with Crippen molar-refractivity contribution in [2.24, 2.45) is 5.41 Å². The van der Waals surface area contributed by atoms with Gasteiger partial charge in [0.1, 0.15) is 17.3 Å². The second kappa shape index (κ2) is 4.58. The lowest BCUT2D eigenvalue weighted by Gasteiger charge is -2.39. The molecular weight excluding hydrogens is 222 g/mol. The number of aromatic nitrogens is 2. The smallest absolute Gasteiger partial charge is 0.134 e. The van der Waals surface area contributed by atoms with Gasteiger partial charge in [0.15, 0.2) is 0 Å². The monoisotopic (exact) mass is 239 g/mol. The van der Waals surface area contributed by atoms with E-state index < -0.39 is 0 Å². The lowest BCUT2D eigenvalue weighted by molar-refractivity contribution is 0.216. The molecule has 1 atom stereocenters. The van der Waals surface area contributed by atoms with E-state index in [1.165, 1.54) is 32.0 Å². The van der Waals surface area contributed by atoms with Gasteiger partial charge in [-0.25, -0.2) is 9.97 Å². The molecule has 3 nitrogen and oxygen atoms in total. The van der Waals surface area contributed by atoms with Crippen LogP contribution in [0.4, 0.5) is 5.82 Å². The molecule has 16 heavy (non-hydrogen) atoms. The summed E-state index contributed by atoms with van der Waals surface area (Å²) in [4.78, 5) is 8.08. The van der Waals surface area contributed by atoms with Crippen molar-refractivity contribution < 1.29 is 0 Å². The zero-order valence-corrected chi connectivity index (χ0v) is 10.6. The Morgan fingerprint density at radius 1 is 1.38 bits per heavy atom. The van der Waals surface area contributed by atoms with Crippen LogP contribution in [0.1, 0.15) is 39.5 Å². The number of rotatable bonds is 2. The number of hydrogen-bond acceptors (Lipinski definition) is 3. The van der Waals surface area contributed by atoms with Crippen LogP contribution in [0.25, 0.3) is 0 Å². The Hall–Kier alpha value is -0.830. The first-order valence-electron chi connectivity index (χ1n) is 5.82. The van der Waals surface area contributed by atoms with Crippen molar-refractivity contribution in [3.8, 4) is 0 Å². The minimum atomic E-state index is 0.329. The minimum absolute atomic E-state index is 0.329. The van der Waals surface area contributed by atoms with Gasteiger partial charge in [0.25, 0.3) is 0 Å². The Labute approximate surface area is 102 Å². The molecule has 0 aliphatic heterocycles. The molecule has 1 saturated carbocycles. The minimum Gasteiger partial charge on any atom is -0.367 e. The average Bonchev–Trinajstić information content (AvgIpc) is 2.21. The molecule has 0 spiro atoms. The van der Waals surface area contributed by atoms with E-state index >= 15 is 0 Å². The van der Waals surface area contributed by atoms with Crippen LogP contribution in [0.3, 0.4) is 0 Å². The molecular formula is C12H18ClN3. The van der Waals surface area contributed by atoms with Crippen LogP contribution in [0, 0.1) is 5.41 Å². The third-order valence-electron chi connectivity index (χ3n) is 3.46. The Morgan fingerprint density at radius 2 is 2.19 bits per heavy atom. The van der Waals surface area contributed by atoms with Gasteiger partial charge in [-0.3, -0.25) is 0 Å². The van der Waals surface area contributed by atoms with Gasteiger partial charge >= 0.3 is 0 Å². The van der Waals surface area contributed by atoms with Crippen LogP contribution in [0.15, 0.2) is 12.4 Å². The first-order chi connectivity index (χ1) is 7.58. The number of halogens is 1. The largest absolute Gasteiger partial charge is 0.367 e. The summed E-state index contributed by atoms with van der Waals surface area (Å²) in [6.07, 6.45) is 6.59. The summed E-state index contributed by atoms with van der Waals surface area (Å²) < 4.78 is 0. The van der Waals surface area contributed by atoms with E-state index in [9.17, 15) is 0 Å². The van der Waals surface area contributed by atoms with E-state index in [4.69, 9.17) is 11.6 Å². The SMILES string of the molecule is CC1(C)CCCCC1Nc1cc(Cl)ncn1. The molecule has 1 aliphatic carbocycles. The van der Waals surface area contributed by atoms with Crippen molar-refractivity contribution in [1.29, 1.82) is 0 Å². The maximum atomic E-state index is 5.84. The fourth-order valence-corrected chi connectivity index (χ4v) is 2.50. The van der Waals surface area contributed by atoms with Crippen molar-refractivity contribution in [3.63, 3.8) is 0 Å². The molecule has 0 saturated heterocycles. The summed E-state index contributed by atoms with van der Waals surface area (Å²) in [6.45, 7) is 4.62. The molecule has 0 bridgehead atoms.